The van der Waals surface area contributed by atoms with Crippen molar-refractivity contribution >= 4 is 17.6 Å². The molecule has 0 radical (unpaired) electrons. The predicted molar refractivity (Wildman–Crippen MR) is 95.5 cm³/mol. The van der Waals surface area contributed by atoms with Gasteiger partial charge >= 0.3 is 0 Å². The monoisotopic (exact) mass is 316 g/mol. The Bertz CT molecular complexity index is 557. The lowest BCUT2D eigenvalue weighted by Gasteiger charge is -2.29. The predicted octanol–water partition coefficient (Wildman–Crippen LogP) is 2.62. The molecular formula is C18H28N4O. The molecule has 1 amide bonds. The second-order valence-electron chi connectivity index (χ2n) is 6.56. The number of guanidine groups is 1. The first kappa shape index (κ1) is 17.3. The van der Waals surface area contributed by atoms with Crippen molar-refractivity contribution in [3.05, 3.63) is 29.8 Å². The van der Waals surface area contributed by atoms with Crippen LogP contribution in [0.2, 0.25) is 0 Å². The molecule has 1 saturated carbocycles. The number of rotatable bonds is 5. The van der Waals surface area contributed by atoms with E-state index in [-0.39, 0.29) is 11.3 Å². The maximum absolute atomic E-state index is 12.5. The third-order valence-corrected chi connectivity index (χ3v) is 4.61. The lowest BCUT2D eigenvalue weighted by atomic mass is 9.85. The fourth-order valence-corrected chi connectivity index (χ4v) is 3.21. The van der Waals surface area contributed by atoms with E-state index in [0.717, 1.165) is 37.8 Å². The third-order valence-electron chi connectivity index (χ3n) is 4.61. The number of nitrogens with one attached hydrogen (secondary N) is 1. The van der Waals surface area contributed by atoms with Gasteiger partial charge in [-0.15, -0.1) is 0 Å². The number of nitrogens with zero attached hydrogens (tertiary/aromatic N) is 2. The molecule has 2 rings (SSSR count). The summed E-state index contributed by atoms with van der Waals surface area (Å²) in [5.41, 5.74) is 7.83. The van der Waals surface area contributed by atoms with E-state index in [0.29, 0.717) is 12.5 Å². The van der Waals surface area contributed by atoms with Crippen molar-refractivity contribution in [1.29, 1.82) is 0 Å². The molecule has 0 saturated heterocycles. The molecule has 0 spiro atoms. The van der Waals surface area contributed by atoms with E-state index in [1.54, 1.807) is 4.90 Å². The number of carbonyl (C=O) groups is 1. The van der Waals surface area contributed by atoms with Gasteiger partial charge in [-0.2, -0.15) is 0 Å². The van der Waals surface area contributed by atoms with Gasteiger partial charge in [-0.1, -0.05) is 31.9 Å². The molecule has 0 bridgehead atoms. The molecule has 5 nitrogen and oxygen atoms in total. The largest absolute Gasteiger partial charge is 0.370 e. The minimum absolute atomic E-state index is 0.166. The lowest BCUT2D eigenvalue weighted by Crippen LogP contribution is -2.41. The number of aryl methyl sites for hydroxylation is 1. The van der Waals surface area contributed by atoms with E-state index in [9.17, 15) is 4.79 Å². The van der Waals surface area contributed by atoms with Gasteiger partial charge in [-0.25, -0.2) is 0 Å². The summed E-state index contributed by atoms with van der Waals surface area (Å²) < 4.78 is 0. The molecule has 3 N–H and O–H groups in total. The summed E-state index contributed by atoms with van der Waals surface area (Å²) in [5, 5.41) is 3.11. The molecule has 0 aromatic heterocycles. The van der Waals surface area contributed by atoms with Gasteiger partial charge in [0, 0.05) is 19.8 Å². The first-order chi connectivity index (χ1) is 11.0. The van der Waals surface area contributed by atoms with E-state index in [2.05, 4.69) is 29.4 Å². The summed E-state index contributed by atoms with van der Waals surface area (Å²) >= 11 is 0. The lowest BCUT2D eigenvalue weighted by molar-refractivity contribution is -0.138. The summed E-state index contributed by atoms with van der Waals surface area (Å²) in [6.45, 7) is 2.58. The maximum atomic E-state index is 12.5. The molecule has 1 aliphatic carbocycles. The highest BCUT2D eigenvalue weighted by Gasteiger charge is 2.41. The fourth-order valence-electron chi connectivity index (χ4n) is 3.21. The quantitative estimate of drug-likeness (QED) is 0.648. The molecule has 1 aromatic rings. The molecule has 1 aromatic carbocycles. The Balaban J connectivity index is 2.03. The molecule has 126 valence electrons. The molecule has 23 heavy (non-hydrogen) atoms. The van der Waals surface area contributed by atoms with Crippen LogP contribution >= 0.6 is 0 Å². The summed E-state index contributed by atoms with van der Waals surface area (Å²) in [6, 6.07) is 8.14. The van der Waals surface area contributed by atoms with Gasteiger partial charge in [-0.3, -0.25) is 9.79 Å². The minimum Gasteiger partial charge on any atom is -0.370 e. The van der Waals surface area contributed by atoms with E-state index in [4.69, 9.17) is 5.73 Å². The second-order valence-corrected chi connectivity index (χ2v) is 6.56. The maximum Gasteiger partial charge on any atom is 0.230 e. The number of benzene rings is 1. The molecule has 0 unspecified atom stereocenters. The van der Waals surface area contributed by atoms with Gasteiger partial charge in [0.15, 0.2) is 5.96 Å². The van der Waals surface area contributed by atoms with Gasteiger partial charge < -0.3 is 16.0 Å². The van der Waals surface area contributed by atoms with Crippen molar-refractivity contribution in [3.63, 3.8) is 0 Å². The Morgan fingerprint density at radius 2 is 1.87 bits per heavy atom. The fraction of sp³-hybridized carbons (Fsp3) is 0.556. The van der Waals surface area contributed by atoms with Crippen molar-refractivity contribution in [2.24, 2.45) is 16.1 Å². The first-order valence-electron chi connectivity index (χ1n) is 8.34. The molecule has 0 aliphatic heterocycles. The first-order valence-corrected chi connectivity index (χ1v) is 8.34. The van der Waals surface area contributed by atoms with Crippen LogP contribution in [0.15, 0.2) is 29.3 Å². The van der Waals surface area contributed by atoms with Gasteiger partial charge in [0.05, 0.1) is 12.0 Å². The average Bonchev–Trinajstić information content (AvgIpc) is 3.03. The Morgan fingerprint density at radius 3 is 2.39 bits per heavy atom. The van der Waals surface area contributed by atoms with E-state index < -0.39 is 0 Å². The van der Waals surface area contributed by atoms with Crippen LogP contribution in [0.25, 0.3) is 0 Å². The van der Waals surface area contributed by atoms with E-state index >= 15 is 0 Å². The Kier molecular flexibility index (Phi) is 5.64. The molecule has 0 heterocycles. The Morgan fingerprint density at radius 1 is 1.26 bits per heavy atom. The number of amides is 1. The van der Waals surface area contributed by atoms with Crippen LogP contribution in [0.3, 0.4) is 0 Å². The van der Waals surface area contributed by atoms with Crippen LogP contribution in [0.5, 0.6) is 0 Å². The van der Waals surface area contributed by atoms with Gasteiger partial charge in [0.2, 0.25) is 5.91 Å². The van der Waals surface area contributed by atoms with Crippen LogP contribution in [0.1, 0.15) is 38.2 Å². The van der Waals surface area contributed by atoms with Crippen LogP contribution in [0.4, 0.5) is 5.69 Å². The smallest absolute Gasteiger partial charge is 0.230 e. The van der Waals surface area contributed by atoms with Gasteiger partial charge in [0.1, 0.15) is 0 Å². The van der Waals surface area contributed by atoms with Crippen LogP contribution in [-0.2, 0) is 11.2 Å². The topological polar surface area (TPSA) is 70.7 Å². The summed E-state index contributed by atoms with van der Waals surface area (Å²) in [4.78, 5) is 18.6. The molecule has 1 fully saturated rings. The summed E-state index contributed by atoms with van der Waals surface area (Å²) in [5.74, 6) is 0.533. The molecule has 5 heteroatoms. The van der Waals surface area contributed by atoms with Crippen molar-refractivity contribution in [3.8, 4) is 0 Å². The number of carbonyl (C=O) groups excluding carboxylic acids is 1. The van der Waals surface area contributed by atoms with Crippen molar-refractivity contribution in [2.75, 3.05) is 26.0 Å². The SMILES string of the molecule is CCc1ccc(NC(N)=NCC2(C(=O)N(C)C)CCCC2)cc1. The second kappa shape index (κ2) is 7.49. The van der Waals surface area contributed by atoms with E-state index in [1.807, 2.05) is 26.2 Å². The van der Waals surface area contributed by atoms with Gasteiger partial charge in [-0.05, 0) is 37.0 Å². The molecule has 1 aliphatic rings. The van der Waals surface area contributed by atoms with Crippen molar-refractivity contribution in [2.45, 2.75) is 39.0 Å². The van der Waals surface area contributed by atoms with Crippen LogP contribution in [0, 0.1) is 5.41 Å². The average molecular weight is 316 g/mol. The molecule has 0 atom stereocenters. The number of hydrogen-bond donors (Lipinski definition) is 2. The van der Waals surface area contributed by atoms with E-state index in [1.165, 1.54) is 5.56 Å². The standard InChI is InChI=1S/C18H28N4O/c1-4-14-7-9-15(10-8-14)21-17(19)20-13-18(11-5-6-12-18)16(23)22(2)3/h7-10H,4-6,11-13H2,1-3H3,(H3,19,20,21). The zero-order chi connectivity index (χ0) is 16.9. The Hall–Kier alpha value is -2.04. The summed E-state index contributed by atoms with van der Waals surface area (Å²) in [6.07, 6.45) is 4.97. The highest BCUT2D eigenvalue weighted by atomic mass is 16.2. The highest BCUT2D eigenvalue weighted by Crippen LogP contribution is 2.39. The van der Waals surface area contributed by atoms with Crippen molar-refractivity contribution < 1.29 is 4.79 Å². The minimum atomic E-state index is -0.373. The van der Waals surface area contributed by atoms with Crippen molar-refractivity contribution in [1.82, 2.24) is 4.90 Å². The zero-order valence-electron chi connectivity index (χ0n) is 14.4. The summed E-state index contributed by atoms with van der Waals surface area (Å²) in [7, 11) is 3.62. The van der Waals surface area contributed by atoms with Crippen LogP contribution in [-0.4, -0.2) is 37.4 Å². The normalized spacial score (nSPS) is 17.1. The number of hydrogen-bond acceptors (Lipinski definition) is 2. The zero-order valence-corrected chi connectivity index (χ0v) is 14.4. The number of anilines is 1. The van der Waals surface area contributed by atoms with Gasteiger partial charge in [0.25, 0.3) is 0 Å². The number of aliphatic imine (C=N–C) groups is 1. The number of nitrogens with two attached hydrogens (primary N) is 1. The highest BCUT2D eigenvalue weighted by molar-refractivity contribution is 5.92. The van der Waals surface area contributed by atoms with Crippen LogP contribution < -0.4 is 11.1 Å². The third kappa shape index (κ3) is 4.24. The molecular weight excluding hydrogens is 288 g/mol. The Labute approximate surface area is 139 Å².